The number of aliphatic hydroxyl groups excluding tert-OH is 1. The number of terminal acetylenes is 1. The van der Waals surface area contributed by atoms with Crippen LogP contribution in [-0.2, 0) is 0 Å². The van der Waals surface area contributed by atoms with Crippen molar-refractivity contribution in [1.82, 2.24) is 5.32 Å². The molecule has 0 aliphatic rings. The highest BCUT2D eigenvalue weighted by Crippen LogP contribution is 1.95. The van der Waals surface area contributed by atoms with Crippen LogP contribution in [0.25, 0.3) is 0 Å². The Hall–Kier alpha value is -0.520. The minimum Gasteiger partial charge on any atom is -0.393 e. The van der Waals surface area contributed by atoms with Crippen LogP contribution >= 0.6 is 0 Å². The summed E-state index contributed by atoms with van der Waals surface area (Å²) in [6, 6.07) is 0.350. The van der Waals surface area contributed by atoms with Gasteiger partial charge in [0.1, 0.15) is 0 Å². The molecular weight excluding hydrogens is 138 g/mol. The van der Waals surface area contributed by atoms with E-state index in [1.54, 1.807) is 6.92 Å². The molecule has 0 aromatic rings. The van der Waals surface area contributed by atoms with Crippen LogP contribution < -0.4 is 5.32 Å². The van der Waals surface area contributed by atoms with E-state index in [2.05, 4.69) is 11.2 Å². The van der Waals surface area contributed by atoms with Crippen molar-refractivity contribution in [2.24, 2.45) is 0 Å². The maximum Gasteiger partial charge on any atom is 0.0526 e. The van der Waals surface area contributed by atoms with Gasteiger partial charge in [-0.15, -0.1) is 12.3 Å². The lowest BCUT2D eigenvalue weighted by Gasteiger charge is -2.13. The van der Waals surface area contributed by atoms with Crippen LogP contribution in [0.4, 0.5) is 0 Å². The number of aliphatic hydroxyl groups is 1. The zero-order valence-corrected chi connectivity index (χ0v) is 7.30. The van der Waals surface area contributed by atoms with Crippen molar-refractivity contribution in [2.75, 3.05) is 6.54 Å². The van der Waals surface area contributed by atoms with Gasteiger partial charge in [0.2, 0.25) is 0 Å². The lowest BCUT2D eigenvalue weighted by atomic mass is 10.1. The Bertz CT molecular complexity index is 126. The zero-order valence-electron chi connectivity index (χ0n) is 7.30. The molecular formula is C9H17NO. The summed E-state index contributed by atoms with van der Waals surface area (Å²) < 4.78 is 0. The van der Waals surface area contributed by atoms with Crippen LogP contribution in [0.2, 0.25) is 0 Å². The van der Waals surface area contributed by atoms with Crippen molar-refractivity contribution < 1.29 is 5.11 Å². The van der Waals surface area contributed by atoms with Gasteiger partial charge in [-0.05, 0) is 20.3 Å². The first-order chi connectivity index (χ1) is 5.16. The summed E-state index contributed by atoms with van der Waals surface area (Å²) in [4.78, 5) is 0. The molecule has 0 rings (SSSR count). The third-order valence-electron chi connectivity index (χ3n) is 1.46. The van der Waals surface area contributed by atoms with Crippen LogP contribution in [0, 0.1) is 12.3 Å². The van der Waals surface area contributed by atoms with E-state index < -0.39 is 0 Å². The minimum atomic E-state index is -0.233. The van der Waals surface area contributed by atoms with Gasteiger partial charge in [-0.1, -0.05) is 0 Å². The molecule has 0 heterocycles. The molecule has 0 amide bonds. The molecule has 0 aromatic carbocycles. The van der Waals surface area contributed by atoms with Crippen molar-refractivity contribution in [2.45, 2.75) is 38.8 Å². The van der Waals surface area contributed by atoms with Crippen molar-refractivity contribution in [1.29, 1.82) is 0 Å². The van der Waals surface area contributed by atoms with E-state index in [4.69, 9.17) is 11.5 Å². The van der Waals surface area contributed by atoms with E-state index in [-0.39, 0.29) is 6.10 Å². The van der Waals surface area contributed by atoms with Crippen LogP contribution in [0.1, 0.15) is 26.7 Å². The van der Waals surface area contributed by atoms with E-state index in [9.17, 15) is 0 Å². The van der Waals surface area contributed by atoms with Gasteiger partial charge in [0.05, 0.1) is 6.10 Å². The van der Waals surface area contributed by atoms with Crippen LogP contribution in [0.5, 0.6) is 0 Å². The number of rotatable bonds is 5. The fourth-order valence-electron chi connectivity index (χ4n) is 0.986. The molecule has 64 valence electrons. The highest BCUT2D eigenvalue weighted by molar-refractivity contribution is 4.84. The predicted octanol–water partition coefficient (Wildman–Crippen LogP) is 0.759. The van der Waals surface area contributed by atoms with Crippen LogP contribution in [0.15, 0.2) is 0 Å². The Morgan fingerprint density at radius 1 is 1.55 bits per heavy atom. The molecule has 2 N–H and O–H groups in total. The van der Waals surface area contributed by atoms with E-state index >= 15 is 0 Å². The van der Waals surface area contributed by atoms with Gasteiger partial charge in [-0.2, -0.15) is 0 Å². The Labute approximate surface area is 69.0 Å². The Morgan fingerprint density at radius 3 is 2.64 bits per heavy atom. The van der Waals surface area contributed by atoms with Gasteiger partial charge in [0, 0.05) is 19.0 Å². The molecule has 0 bridgehead atoms. The number of hydrogen-bond donors (Lipinski definition) is 2. The fourth-order valence-corrected chi connectivity index (χ4v) is 0.986. The molecule has 0 saturated heterocycles. The third-order valence-corrected chi connectivity index (χ3v) is 1.46. The number of hydrogen-bond acceptors (Lipinski definition) is 2. The van der Waals surface area contributed by atoms with Gasteiger partial charge >= 0.3 is 0 Å². The first kappa shape index (κ1) is 10.5. The number of nitrogens with one attached hydrogen (secondary N) is 1. The molecule has 0 radical (unpaired) electrons. The summed E-state index contributed by atoms with van der Waals surface area (Å²) in [5, 5.41) is 12.2. The third kappa shape index (κ3) is 7.38. The van der Waals surface area contributed by atoms with Crippen molar-refractivity contribution in [3.8, 4) is 12.3 Å². The molecule has 0 fully saturated rings. The predicted molar refractivity (Wildman–Crippen MR) is 47.2 cm³/mol. The summed E-state index contributed by atoms with van der Waals surface area (Å²) in [6.45, 7) is 4.67. The van der Waals surface area contributed by atoms with Gasteiger partial charge in [-0.3, -0.25) is 0 Å². The molecule has 0 aliphatic heterocycles. The second-order valence-corrected chi connectivity index (χ2v) is 2.89. The van der Waals surface area contributed by atoms with Gasteiger partial charge in [-0.25, -0.2) is 0 Å². The van der Waals surface area contributed by atoms with E-state index in [1.807, 2.05) is 6.92 Å². The highest BCUT2D eigenvalue weighted by Gasteiger charge is 2.03. The van der Waals surface area contributed by atoms with Crippen molar-refractivity contribution >= 4 is 0 Å². The molecule has 0 saturated carbocycles. The second kappa shape index (κ2) is 6.21. The van der Waals surface area contributed by atoms with Gasteiger partial charge in [0.15, 0.2) is 0 Å². The van der Waals surface area contributed by atoms with Crippen molar-refractivity contribution in [3.05, 3.63) is 0 Å². The Kier molecular flexibility index (Phi) is 5.91. The molecule has 2 unspecified atom stereocenters. The maximum atomic E-state index is 9.00. The lowest BCUT2D eigenvalue weighted by molar-refractivity contribution is 0.171. The Morgan fingerprint density at radius 2 is 2.18 bits per heavy atom. The average Bonchev–Trinajstić information content (AvgIpc) is 1.86. The SMILES string of the molecule is C#CCCNC(C)CC(C)O. The summed E-state index contributed by atoms with van der Waals surface area (Å²) in [7, 11) is 0. The minimum absolute atomic E-state index is 0.233. The van der Waals surface area contributed by atoms with Gasteiger partial charge in [0.25, 0.3) is 0 Å². The summed E-state index contributed by atoms with van der Waals surface area (Å²) in [5.74, 6) is 2.55. The highest BCUT2D eigenvalue weighted by atomic mass is 16.3. The molecule has 2 nitrogen and oxygen atoms in total. The smallest absolute Gasteiger partial charge is 0.0526 e. The van der Waals surface area contributed by atoms with E-state index in [1.165, 1.54) is 0 Å². The zero-order chi connectivity index (χ0) is 8.69. The topological polar surface area (TPSA) is 32.3 Å². The molecule has 0 aromatic heterocycles. The Balaban J connectivity index is 3.24. The largest absolute Gasteiger partial charge is 0.393 e. The fraction of sp³-hybridized carbons (Fsp3) is 0.778. The van der Waals surface area contributed by atoms with Crippen LogP contribution in [0.3, 0.4) is 0 Å². The average molecular weight is 155 g/mol. The summed E-state index contributed by atoms with van der Waals surface area (Å²) in [5.41, 5.74) is 0. The van der Waals surface area contributed by atoms with Crippen molar-refractivity contribution in [3.63, 3.8) is 0 Å². The molecule has 0 aliphatic carbocycles. The molecule has 11 heavy (non-hydrogen) atoms. The first-order valence-electron chi connectivity index (χ1n) is 4.01. The summed E-state index contributed by atoms with van der Waals surface area (Å²) in [6.07, 6.45) is 6.38. The van der Waals surface area contributed by atoms with Gasteiger partial charge < -0.3 is 10.4 Å². The maximum absolute atomic E-state index is 9.00. The van der Waals surface area contributed by atoms with Crippen LogP contribution in [-0.4, -0.2) is 23.8 Å². The quantitative estimate of drug-likeness (QED) is 0.454. The lowest BCUT2D eigenvalue weighted by Crippen LogP contribution is -2.29. The molecule has 2 atom stereocenters. The van der Waals surface area contributed by atoms with E-state index in [0.717, 1.165) is 19.4 Å². The summed E-state index contributed by atoms with van der Waals surface area (Å²) >= 11 is 0. The first-order valence-corrected chi connectivity index (χ1v) is 4.01. The monoisotopic (exact) mass is 155 g/mol. The van der Waals surface area contributed by atoms with E-state index in [0.29, 0.717) is 6.04 Å². The molecule has 0 spiro atoms. The normalized spacial score (nSPS) is 15.5. The molecule has 2 heteroatoms. The standard InChI is InChI=1S/C9H17NO/c1-4-5-6-10-8(2)7-9(3)11/h1,8-11H,5-7H2,2-3H3. The second-order valence-electron chi connectivity index (χ2n) is 2.89.